The fraction of sp³-hybridized carbons (Fsp3) is 0.0625. The van der Waals surface area contributed by atoms with Crippen LogP contribution < -0.4 is 0 Å². The van der Waals surface area contributed by atoms with Gasteiger partial charge in [-0.2, -0.15) is 0 Å². The second-order valence-corrected chi connectivity index (χ2v) is 4.24. The third kappa shape index (κ3) is 1.57. The average molecular weight is 205 g/mol. The van der Waals surface area contributed by atoms with Crippen LogP contribution in [0.25, 0.3) is 17.2 Å². The van der Waals surface area contributed by atoms with Crippen molar-refractivity contribution in [1.82, 2.24) is 0 Å². The molecule has 2 aromatic rings. The Morgan fingerprint density at radius 3 is 2.38 bits per heavy atom. The van der Waals surface area contributed by atoms with Crippen LogP contribution in [0, 0.1) is 6.42 Å². The minimum atomic E-state index is 1.28. The molecular formula is C16H13. The molecule has 0 heterocycles. The molecule has 0 amide bonds. The van der Waals surface area contributed by atoms with Crippen LogP contribution in [0.15, 0.2) is 54.1 Å². The summed E-state index contributed by atoms with van der Waals surface area (Å²) in [4.78, 5) is 0. The topological polar surface area (TPSA) is 0 Å². The van der Waals surface area contributed by atoms with Crippen LogP contribution in [-0.2, 0) is 0 Å². The first kappa shape index (κ1) is 9.41. The molecule has 3 rings (SSSR count). The molecule has 0 N–H and O–H groups in total. The monoisotopic (exact) mass is 205 g/mol. The molecule has 0 bridgehead atoms. The highest BCUT2D eigenvalue weighted by Crippen LogP contribution is 2.30. The predicted molar refractivity (Wildman–Crippen MR) is 68.9 cm³/mol. The number of fused-ring (bicyclic) bond motifs is 1. The average Bonchev–Trinajstić information content (AvgIpc) is 2.69. The molecule has 0 spiro atoms. The normalized spacial score (nSPS) is 13.4. The molecule has 0 aromatic heterocycles. The summed E-state index contributed by atoms with van der Waals surface area (Å²) in [5.74, 6) is 0. The van der Waals surface area contributed by atoms with Gasteiger partial charge in [-0.15, -0.1) is 0 Å². The fourth-order valence-electron chi connectivity index (χ4n) is 2.17. The lowest BCUT2D eigenvalue weighted by Gasteiger charge is -2.04. The van der Waals surface area contributed by atoms with Gasteiger partial charge in [-0.05, 0) is 35.2 Å². The van der Waals surface area contributed by atoms with Crippen LogP contribution in [0.3, 0.4) is 0 Å². The number of allylic oxidation sites excluding steroid dienone is 1. The zero-order chi connectivity index (χ0) is 11.0. The van der Waals surface area contributed by atoms with Crippen LogP contribution in [0.4, 0.5) is 0 Å². The lowest BCUT2D eigenvalue weighted by molar-refractivity contribution is 1.45. The number of hydrogen-bond donors (Lipinski definition) is 0. The highest BCUT2D eigenvalue weighted by molar-refractivity contribution is 5.75. The van der Waals surface area contributed by atoms with Gasteiger partial charge in [0.25, 0.3) is 0 Å². The van der Waals surface area contributed by atoms with Crippen molar-refractivity contribution in [3.8, 4) is 11.1 Å². The van der Waals surface area contributed by atoms with Gasteiger partial charge in [0, 0.05) is 6.42 Å². The summed E-state index contributed by atoms with van der Waals surface area (Å²) in [7, 11) is 0. The largest absolute Gasteiger partial charge is 0.0643 e. The second kappa shape index (κ2) is 3.64. The summed E-state index contributed by atoms with van der Waals surface area (Å²) in [5, 5.41) is 0. The van der Waals surface area contributed by atoms with Crippen LogP contribution in [0.2, 0.25) is 0 Å². The minimum absolute atomic E-state index is 1.28. The summed E-state index contributed by atoms with van der Waals surface area (Å²) in [6.45, 7) is 2.14. The Bertz CT molecular complexity index is 548. The van der Waals surface area contributed by atoms with E-state index in [-0.39, 0.29) is 0 Å². The van der Waals surface area contributed by atoms with Gasteiger partial charge in [0.15, 0.2) is 0 Å². The van der Waals surface area contributed by atoms with Crippen LogP contribution in [-0.4, -0.2) is 0 Å². The van der Waals surface area contributed by atoms with E-state index in [1.807, 2.05) is 0 Å². The molecule has 0 saturated heterocycles. The maximum absolute atomic E-state index is 2.26. The van der Waals surface area contributed by atoms with Crippen molar-refractivity contribution in [2.45, 2.75) is 6.92 Å². The summed E-state index contributed by atoms with van der Waals surface area (Å²) >= 11 is 0. The maximum atomic E-state index is 2.26. The van der Waals surface area contributed by atoms with E-state index in [9.17, 15) is 0 Å². The molecule has 0 saturated carbocycles. The Labute approximate surface area is 96.3 Å². The van der Waals surface area contributed by atoms with Crippen LogP contribution in [0.5, 0.6) is 0 Å². The Morgan fingerprint density at radius 2 is 1.56 bits per heavy atom. The molecule has 0 heteroatoms. The maximum Gasteiger partial charge on any atom is 0.0161 e. The zero-order valence-electron chi connectivity index (χ0n) is 9.27. The van der Waals surface area contributed by atoms with Gasteiger partial charge in [-0.25, -0.2) is 0 Å². The smallest absolute Gasteiger partial charge is 0.0161 e. The Hall–Kier alpha value is -1.82. The van der Waals surface area contributed by atoms with Crippen molar-refractivity contribution in [2.75, 3.05) is 0 Å². The third-order valence-electron chi connectivity index (χ3n) is 2.96. The summed E-state index contributed by atoms with van der Waals surface area (Å²) in [6.07, 6.45) is 4.46. The highest BCUT2D eigenvalue weighted by atomic mass is 14.1. The van der Waals surface area contributed by atoms with E-state index in [0.717, 1.165) is 0 Å². The van der Waals surface area contributed by atoms with E-state index in [4.69, 9.17) is 0 Å². The van der Waals surface area contributed by atoms with Crippen molar-refractivity contribution in [3.05, 3.63) is 71.7 Å². The van der Waals surface area contributed by atoms with E-state index in [1.165, 1.54) is 27.8 Å². The predicted octanol–water partition coefficient (Wildman–Crippen LogP) is 4.32. The molecule has 2 aromatic carbocycles. The lowest BCUT2D eigenvalue weighted by atomic mass is 10.0. The quantitative estimate of drug-likeness (QED) is 0.650. The van der Waals surface area contributed by atoms with Gasteiger partial charge in [-0.3, -0.25) is 0 Å². The van der Waals surface area contributed by atoms with Gasteiger partial charge in [0.2, 0.25) is 0 Å². The molecule has 0 aliphatic heterocycles. The first-order valence-corrected chi connectivity index (χ1v) is 5.55. The molecular weight excluding hydrogens is 192 g/mol. The molecule has 16 heavy (non-hydrogen) atoms. The van der Waals surface area contributed by atoms with Crippen LogP contribution in [0.1, 0.15) is 18.1 Å². The van der Waals surface area contributed by atoms with Crippen molar-refractivity contribution >= 4 is 6.08 Å². The third-order valence-corrected chi connectivity index (χ3v) is 2.96. The summed E-state index contributed by atoms with van der Waals surface area (Å²) < 4.78 is 0. The van der Waals surface area contributed by atoms with Crippen molar-refractivity contribution in [2.24, 2.45) is 0 Å². The van der Waals surface area contributed by atoms with E-state index in [2.05, 4.69) is 68.0 Å². The van der Waals surface area contributed by atoms with Crippen molar-refractivity contribution in [3.63, 3.8) is 0 Å². The molecule has 0 atom stereocenters. The Morgan fingerprint density at radius 1 is 0.750 bits per heavy atom. The molecule has 1 aliphatic rings. The Balaban J connectivity index is 2.08. The number of rotatable bonds is 1. The number of benzene rings is 2. The van der Waals surface area contributed by atoms with Crippen molar-refractivity contribution in [1.29, 1.82) is 0 Å². The SMILES string of the molecule is CC1=Cc2cc(-c3ccccc3)ccc2[CH]1. The lowest BCUT2D eigenvalue weighted by Crippen LogP contribution is -1.82. The molecule has 0 fully saturated rings. The molecule has 1 radical (unpaired) electrons. The van der Waals surface area contributed by atoms with E-state index in [1.54, 1.807) is 0 Å². The van der Waals surface area contributed by atoms with Gasteiger partial charge in [0.1, 0.15) is 0 Å². The molecule has 1 aliphatic carbocycles. The first-order chi connectivity index (χ1) is 7.83. The summed E-state index contributed by atoms with van der Waals surface area (Å²) in [6, 6.07) is 17.2. The second-order valence-electron chi connectivity index (χ2n) is 4.24. The Kier molecular flexibility index (Phi) is 2.14. The van der Waals surface area contributed by atoms with E-state index in [0.29, 0.717) is 0 Å². The standard InChI is InChI=1S/C16H13/c1-12-9-14-7-8-15(11-16(14)10-12)13-5-3-2-4-6-13/h2-11H,1H3. The van der Waals surface area contributed by atoms with Crippen molar-refractivity contribution < 1.29 is 0 Å². The van der Waals surface area contributed by atoms with Gasteiger partial charge >= 0.3 is 0 Å². The van der Waals surface area contributed by atoms with E-state index < -0.39 is 0 Å². The van der Waals surface area contributed by atoms with Gasteiger partial charge in [0.05, 0.1) is 0 Å². The zero-order valence-corrected chi connectivity index (χ0v) is 9.27. The molecule has 0 unspecified atom stereocenters. The van der Waals surface area contributed by atoms with E-state index >= 15 is 0 Å². The number of hydrogen-bond acceptors (Lipinski definition) is 0. The fourth-order valence-corrected chi connectivity index (χ4v) is 2.17. The molecule has 77 valence electrons. The highest BCUT2D eigenvalue weighted by Gasteiger charge is 2.10. The molecule has 0 nitrogen and oxygen atoms in total. The van der Waals surface area contributed by atoms with Gasteiger partial charge < -0.3 is 0 Å². The minimum Gasteiger partial charge on any atom is -0.0643 e. The summed E-state index contributed by atoms with van der Waals surface area (Å²) in [5.41, 5.74) is 6.57. The van der Waals surface area contributed by atoms with Crippen LogP contribution >= 0.6 is 0 Å². The first-order valence-electron chi connectivity index (χ1n) is 5.55. The van der Waals surface area contributed by atoms with Gasteiger partial charge in [-0.1, -0.05) is 54.1 Å².